The molecule has 0 bridgehead atoms. The van der Waals surface area contributed by atoms with Crippen molar-refractivity contribution in [2.24, 2.45) is 0 Å². The van der Waals surface area contributed by atoms with Crippen LogP contribution < -0.4 is 16.1 Å². The normalized spacial score (nSPS) is 11.3. The molecule has 0 spiro atoms. The molecule has 0 aliphatic heterocycles. The summed E-state index contributed by atoms with van der Waals surface area (Å²) in [6, 6.07) is 11.1. The van der Waals surface area contributed by atoms with Gasteiger partial charge in [-0.15, -0.1) is 0 Å². The zero-order chi connectivity index (χ0) is 24.9. The fourth-order valence-corrected chi connectivity index (χ4v) is 3.30. The number of fused-ring (bicyclic) bond motifs is 2. The van der Waals surface area contributed by atoms with Crippen LogP contribution in [0.25, 0.3) is 21.9 Å². The number of carbonyl (C=O) groups excluding carboxylic acids is 3. The van der Waals surface area contributed by atoms with E-state index in [2.05, 4.69) is 10.6 Å². The Morgan fingerprint density at radius 1 is 0.971 bits per heavy atom. The number of ether oxygens (including phenoxy) is 1. The van der Waals surface area contributed by atoms with Crippen LogP contribution in [-0.4, -0.2) is 48.2 Å². The highest BCUT2D eigenvalue weighted by molar-refractivity contribution is 5.99. The minimum absolute atomic E-state index is 0.169. The lowest BCUT2D eigenvalue weighted by atomic mass is 10.1. The Morgan fingerprint density at radius 3 is 2.35 bits per heavy atom. The Bertz CT molecular complexity index is 1280. The maximum atomic E-state index is 12.8. The number of amides is 4. The van der Waals surface area contributed by atoms with E-state index < -0.39 is 17.7 Å². The monoisotopic (exact) mass is 467 g/mol. The highest BCUT2D eigenvalue weighted by atomic mass is 16.6. The molecule has 0 aliphatic rings. The molecule has 34 heavy (non-hydrogen) atoms. The molecule has 0 saturated carbocycles. The molecule has 0 radical (unpaired) electrons. The third-order valence-electron chi connectivity index (χ3n) is 4.93. The fraction of sp³-hybridized carbons (Fsp3) is 0.360. The van der Waals surface area contributed by atoms with Crippen molar-refractivity contribution in [3.05, 3.63) is 58.3 Å². The van der Waals surface area contributed by atoms with Crippen molar-refractivity contribution in [2.45, 2.75) is 39.7 Å². The van der Waals surface area contributed by atoms with Crippen LogP contribution in [0.5, 0.6) is 0 Å². The smallest absolute Gasteiger partial charge is 0.418 e. The van der Waals surface area contributed by atoms with E-state index in [1.807, 2.05) is 0 Å². The first-order valence-electron chi connectivity index (χ1n) is 11.1. The number of hydrogen-bond donors (Lipinski definition) is 2. The van der Waals surface area contributed by atoms with Crippen LogP contribution in [0.2, 0.25) is 0 Å². The van der Waals surface area contributed by atoms with Crippen molar-refractivity contribution >= 4 is 40.0 Å². The second kappa shape index (κ2) is 10.4. The molecule has 4 amide bonds. The molecule has 0 saturated heterocycles. The number of carbonyl (C=O) groups is 3. The molecule has 9 nitrogen and oxygen atoms in total. The number of hydrogen-bond acceptors (Lipinski definition) is 6. The summed E-state index contributed by atoms with van der Waals surface area (Å²) in [6.45, 7) is 7.57. The van der Waals surface area contributed by atoms with Gasteiger partial charge >= 0.3 is 12.1 Å². The third-order valence-corrected chi connectivity index (χ3v) is 4.93. The third kappa shape index (κ3) is 5.92. The Balaban J connectivity index is 1.53. The van der Waals surface area contributed by atoms with E-state index in [1.54, 1.807) is 64.1 Å². The highest BCUT2D eigenvalue weighted by Crippen LogP contribution is 2.19. The molecule has 2 aromatic carbocycles. The van der Waals surface area contributed by atoms with Crippen molar-refractivity contribution in [3.8, 4) is 0 Å². The van der Waals surface area contributed by atoms with Crippen LogP contribution in [-0.2, 0) is 4.74 Å². The molecule has 2 N–H and O–H groups in total. The first-order valence-corrected chi connectivity index (χ1v) is 11.1. The SMILES string of the molecule is CCN(C(=O)NCCCNC(=O)c1ccc2oc3ccccc3c(=O)c2c1)C(=O)OC(C)(C)C. The Kier molecular flexibility index (Phi) is 7.55. The number of urea groups is 1. The summed E-state index contributed by atoms with van der Waals surface area (Å²) in [4.78, 5) is 50.6. The molecule has 3 rings (SSSR count). The Morgan fingerprint density at radius 2 is 1.65 bits per heavy atom. The predicted octanol–water partition coefficient (Wildman–Crippen LogP) is 4.03. The minimum Gasteiger partial charge on any atom is -0.456 e. The van der Waals surface area contributed by atoms with Gasteiger partial charge in [-0.25, -0.2) is 14.5 Å². The lowest BCUT2D eigenvalue weighted by Gasteiger charge is -2.25. The van der Waals surface area contributed by atoms with Gasteiger partial charge in [-0.1, -0.05) is 12.1 Å². The highest BCUT2D eigenvalue weighted by Gasteiger charge is 2.25. The minimum atomic E-state index is -0.714. The van der Waals surface area contributed by atoms with Crippen molar-refractivity contribution in [1.82, 2.24) is 15.5 Å². The van der Waals surface area contributed by atoms with E-state index in [-0.39, 0.29) is 24.4 Å². The van der Waals surface area contributed by atoms with E-state index in [9.17, 15) is 19.2 Å². The number of nitrogens with one attached hydrogen (secondary N) is 2. The molecular weight excluding hydrogens is 438 g/mol. The van der Waals surface area contributed by atoms with Gasteiger partial charge in [-0.2, -0.15) is 0 Å². The molecular formula is C25H29N3O6. The molecule has 0 fully saturated rings. The quantitative estimate of drug-likeness (QED) is 0.417. The summed E-state index contributed by atoms with van der Waals surface area (Å²) in [5.41, 5.74) is 0.341. The number of imide groups is 1. The fourth-order valence-electron chi connectivity index (χ4n) is 3.30. The van der Waals surface area contributed by atoms with E-state index in [0.29, 0.717) is 40.5 Å². The van der Waals surface area contributed by atoms with Crippen molar-refractivity contribution in [2.75, 3.05) is 19.6 Å². The molecule has 3 aromatic rings. The zero-order valence-electron chi connectivity index (χ0n) is 19.8. The van der Waals surface area contributed by atoms with Gasteiger partial charge in [-0.3, -0.25) is 9.59 Å². The zero-order valence-corrected chi connectivity index (χ0v) is 19.8. The standard InChI is InChI=1S/C25H29N3O6/c1-5-28(24(32)34-25(2,3)4)23(31)27-14-8-13-26-22(30)16-11-12-20-18(15-16)21(29)17-9-6-7-10-19(17)33-20/h6-7,9-12,15H,5,8,13-14H2,1-4H3,(H,26,30)(H,27,31). The Hall–Kier alpha value is -3.88. The van der Waals surface area contributed by atoms with Gasteiger partial charge in [0, 0.05) is 25.2 Å². The topological polar surface area (TPSA) is 118 Å². The maximum absolute atomic E-state index is 12.8. The summed E-state index contributed by atoms with van der Waals surface area (Å²) in [6.07, 6.45) is -0.265. The van der Waals surface area contributed by atoms with Gasteiger partial charge in [0.15, 0.2) is 0 Å². The van der Waals surface area contributed by atoms with Crippen LogP contribution in [0.1, 0.15) is 44.5 Å². The molecule has 180 valence electrons. The van der Waals surface area contributed by atoms with E-state index in [0.717, 1.165) is 4.90 Å². The van der Waals surface area contributed by atoms with Crippen LogP contribution in [0.3, 0.4) is 0 Å². The van der Waals surface area contributed by atoms with E-state index >= 15 is 0 Å². The van der Waals surface area contributed by atoms with Gasteiger partial charge < -0.3 is 19.8 Å². The van der Waals surface area contributed by atoms with Gasteiger partial charge in [-0.05, 0) is 64.4 Å². The molecule has 0 unspecified atom stereocenters. The Labute approximate surface area is 197 Å². The van der Waals surface area contributed by atoms with Gasteiger partial charge in [0.05, 0.1) is 10.8 Å². The van der Waals surface area contributed by atoms with E-state index in [1.165, 1.54) is 6.07 Å². The summed E-state index contributed by atoms with van der Waals surface area (Å²) in [7, 11) is 0. The lowest BCUT2D eigenvalue weighted by molar-refractivity contribution is 0.0329. The van der Waals surface area contributed by atoms with Crippen LogP contribution in [0.15, 0.2) is 51.7 Å². The first kappa shape index (κ1) is 24.8. The lowest BCUT2D eigenvalue weighted by Crippen LogP contribution is -2.46. The maximum Gasteiger partial charge on any atom is 0.418 e. The van der Waals surface area contributed by atoms with Crippen molar-refractivity contribution in [1.29, 1.82) is 0 Å². The van der Waals surface area contributed by atoms with Crippen molar-refractivity contribution < 1.29 is 23.5 Å². The van der Waals surface area contributed by atoms with Gasteiger partial charge in [0.2, 0.25) is 5.43 Å². The summed E-state index contributed by atoms with van der Waals surface area (Å²) >= 11 is 0. The summed E-state index contributed by atoms with van der Waals surface area (Å²) in [5.74, 6) is -0.343. The summed E-state index contributed by atoms with van der Waals surface area (Å²) < 4.78 is 11.0. The van der Waals surface area contributed by atoms with E-state index in [4.69, 9.17) is 9.15 Å². The van der Waals surface area contributed by atoms with Crippen molar-refractivity contribution in [3.63, 3.8) is 0 Å². The second-order valence-corrected chi connectivity index (χ2v) is 8.70. The number of nitrogens with zero attached hydrogens (tertiary/aromatic N) is 1. The number of para-hydroxylation sites is 1. The van der Waals surface area contributed by atoms with Crippen LogP contribution >= 0.6 is 0 Å². The average molecular weight is 468 g/mol. The largest absolute Gasteiger partial charge is 0.456 e. The van der Waals surface area contributed by atoms with Gasteiger partial charge in [0.25, 0.3) is 5.91 Å². The summed E-state index contributed by atoms with van der Waals surface area (Å²) in [5, 5.41) is 6.19. The molecule has 0 atom stereocenters. The number of rotatable bonds is 6. The predicted molar refractivity (Wildman–Crippen MR) is 129 cm³/mol. The number of benzene rings is 2. The second-order valence-electron chi connectivity index (χ2n) is 8.70. The van der Waals surface area contributed by atoms with Gasteiger partial charge in [0.1, 0.15) is 16.8 Å². The molecule has 1 heterocycles. The molecule has 1 aromatic heterocycles. The average Bonchev–Trinajstić information content (AvgIpc) is 2.78. The first-order chi connectivity index (χ1) is 16.1. The van der Waals surface area contributed by atoms with Crippen LogP contribution in [0.4, 0.5) is 9.59 Å². The van der Waals surface area contributed by atoms with Crippen LogP contribution in [0, 0.1) is 0 Å². The molecule has 0 aliphatic carbocycles. The molecule has 9 heteroatoms.